The fourth-order valence-corrected chi connectivity index (χ4v) is 2.53. The van der Waals surface area contributed by atoms with Gasteiger partial charge in [-0.1, -0.05) is 18.2 Å². The highest BCUT2D eigenvalue weighted by Gasteiger charge is 2.05. The van der Waals surface area contributed by atoms with Gasteiger partial charge in [0.05, 0.1) is 22.2 Å². The molecule has 0 unspecified atom stereocenters. The van der Waals surface area contributed by atoms with Gasteiger partial charge in [0.25, 0.3) is 0 Å². The summed E-state index contributed by atoms with van der Waals surface area (Å²) in [5.74, 6) is 0.948. The number of thioether (sulfide) groups is 1. The molecule has 0 saturated carbocycles. The van der Waals surface area contributed by atoms with E-state index in [2.05, 4.69) is 11.1 Å². The van der Waals surface area contributed by atoms with E-state index in [9.17, 15) is 0 Å². The zero-order valence-electron chi connectivity index (χ0n) is 10.2. The second-order valence-corrected chi connectivity index (χ2v) is 4.95. The maximum atomic E-state index is 9.16. The molecule has 3 nitrogen and oxygen atoms in total. The average Bonchev–Trinajstić information content (AvgIpc) is 2.42. The van der Waals surface area contributed by atoms with E-state index in [-0.39, 0.29) is 0 Å². The molecule has 0 amide bonds. The van der Waals surface area contributed by atoms with Crippen molar-refractivity contribution < 1.29 is 4.74 Å². The second-order valence-electron chi connectivity index (χ2n) is 3.83. The minimum Gasteiger partial charge on any atom is -0.385 e. The summed E-state index contributed by atoms with van der Waals surface area (Å²) in [4.78, 5) is 4.55. The third-order valence-corrected chi connectivity index (χ3v) is 3.55. The minimum absolute atomic E-state index is 0.690. The van der Waals surface area contributed by atoms with Crippen LogP contribution < -0.4 is 0 Å². The molecule has 0 spiro atoms. The summed E-state index contributed by atoms with van der Waals surface area (Å²) in [6.07, 6.45) is 0.984. The van der Waals surface area contributed by atoms with E-state index >= 15 is 0 Å². The van der Waals surface area contributed by atoms with Crippen LogP contribution in [-0.4, -0.2) is 24.5 Å². The van der Waals surface area contributed by atoms with E-state index in [0.717, 1.165) is 34.7 Å². The van der Waals surface area contributed by atoms with Gasteiger partial charge in [-0.3, -0.25) is 0 Å². The van der Waals surface area contributed by atoms with Gasteiger partial charge in [-0.05, 0) is 18.6 Å². The number of aromatic nitrogens is 1. The summed E-state index contributed by atoms with van der Waals surface area (Å²) >= 11 is 1.66. The molecule has 0 aliphatic heterocycles. The Morgan fingerprint density at radius 2 is 2.22 bits per heavy atom. The zero-order chi connectivity index (χ0) is 12.8. The first kappa shape index (κ1) is 12.9. The van der Waals surface area contributed by atoms with Crippen LogP contribution in [-0.2, 0) is 4.74 Å². The quantitative estimate of drug-likeness (QED) is 0.610. The maximum Gasteiger partial charge on any atom is 0.0999 e. The van der Waals surface area contributed by atoms with Gasteiger partial charge < -0.3 is 4.74 Å². The van der Waals surface area contributed by atoms with Crippen molar-refractivity contribution in [2.24, 2.45) is 0 Å². The molecule has 4 heteroatoms. The number of benzene rings is 1. The summed E-state index contributed by atoms with van der Waals surface area (Å²) in [6, 6.07) is 11.8. The van der Waals surface area contributed by atoms with Gasteiger partial charge in [0.2, 0.25) is 0 Å². The van der Waals surface area contributed by atoms with E-state index < -0.39 is 0 Å². The Kier molecular flexibility index (Phi) is 4.57. The Morgan fingerprint density at radius 1 is 1.39 bits per heavy atom. The van der Waals surface area contributed by atoms with Crippen molar-refractivity contribution in [1.29, 1.82) is 5.26 Å². The molecule has 0 fully saturated rings. The van der Waals surface area contributed by atoms with E-state index in [0.29, 0.717) is 5.56 Å². The largest absolute Gasteiger partial charge is 0.385 e. The number of fused-ring (bicyclic) bond motifs is 1. The monoisotopic (exact) mass is 258 g/mol. The lowest BCUT2D eigenvalue weighted by Gasteiger charge is -2.04. The Balaban J connectivity index is 2.22. The van der Waals surface area contributed by atoms with Gasteiger partial charge in [-0.2, -0.15) is 5.26 Å². The van der Waals surface area contributed by atoms with Crippen molar-refractivity contribution in [3.8, 4) is 6.07 Å². The van der Waals surface area contributed by atoms with Gasteiger partial charge in [-0.25, -0.2) is 4.98 Å². The minimum atomic E-state index is 0.690. The first-order chi connectivity index (χ1) is 8.85. The molecule has 0 saturated heterocycles. The van der Waals surface area contributed by atoms with Crippen LogP contribution in [0.2, 0.25) is 0 Å². The van der Waals surface area contributed by atoms with Crippen molar-refractivity contribution in [2.45, 2.75) is 11.4 Å². The van der Waals surface area contributed by atoms with Crippen molar-refractivity contribution >= 4 is 22.7 Å². The van der Waals surface area contributed by atoms with Crippen LogP contribution in [0.3, 0.4) is 0 Å². The van der Waals surface area contributed by atoms with Crippen molar-refractivity contribution in [3.63, 3.8) is 0 Å². The number of pyridine rings is 1. The maximum absolute atomic E-state index is 9.16. The molecule has 1 heterocycles. The average molecular weight is 258 g/mol. The molecule has 0 aliphatic rings. The highest BCUT2D eigenvalue weighted by Crippen LogP contribution is 2.23. The molecule has 0 N–H and O–H groups in total. The Morgan fingerprint density at radius 3 is 3.00 bits per heavy atom. The molecule has 2 rings (SSSR count). The summed E-state index contributed by atoms with van der Waals surface area (Å²) in [5.41, 5.74) is 1.57. The van der Waals surface area contributed by atoms with Gasteiger partial charge in [-0.15, -0.1) is 11.8 Å². The van der Waals surface area contributed by atoms with E-state index in [1.807, 2.05) is 30.3 Å². The van der Waals surface area contributed by atoms with Gasteiger partial charge in [0.1, 0.15) is 0 Å². The first-order valence-corrected chi connectivity index (χ1v) is 6.75. The van der Waals surface area contributed by atoms with Crippen LogP contribution in [0.4, 0.5) is 0 Å². The molecule has 92 valence electrons. The number of nitrogens with zero attached hydrogens (tertiary/aromatic N) is 2. The number of rotatable bonds is 5. The number of hydrogen-bond donors (Lipinski definition) is 0. The van der Waals surface area contributed by atoms with Crippen LogP contribution in [0.25, 0.3) is 10.9 Å². The van der Waals surface area contributed by atoms with Crippen molar-refractivity contribution in [1.82, 2.24) is 4.98 Å². The predicted octanol–water partition coefficient (Wildman–Crippen LogP) is 3.24. The van der Waals surface area contributed by atoms with Crippen LogP contribution in [0.5, 0.6) is 0 Å². The number of para-hydroxylation sites is 1. The molecule has 2 aromatic rings. The van der Waals surface area contributed by atoms with Crippen molar-refractivity contribution in [2.75, 3.05) is 19.5 Å². The number of nitriles is 1. The second kappa shape index (κ2) is 6.39. The van der Waals surface area contributed by atoms with Crippen LogP contribution in [0, 0.1) is 11.3 Å². The topological polar surface area (TPSA) is 45.9 Å². The lowest BCUT2D eigenvalue weighted by Crippen LogP contribution is -1.92. The summed E-state index contributed by atoms with van der Waals surface area (Å²) in [6.45, 7) is 0.756. The standard InChI is InChI=1S/C14H14N2OS/c1-17-7-4-8-18-14-9-11(10-15)12-5-2-3-6-13(12)16-14/h2-3,5-6,9H,4,7-8H2,1H3. The lowest BCUT2D eigenvalue weighted by atomic mass is 10.1. The third kappa shape index (κ3) is 3.00. The number of methoxy groups -OCH3 is 1. The van der Waals surface area contributed by atoms with Gasteiger partial charge >= 0.3 is 0 Å². The van der Waals surface area contributed by atoms with Crippen LogP contribution in [0.15, 0.2) is 35.4 Å². The Bertz CT molecular complexity index is 578. The molecule has 0 aliphatic carbocycles. The molecule has 0 atom stereocenters. The lowest BCUT2D eigenvalue weighted by molar-refractivity contribution is 0.200. The Labute approximate surface area is 111 Å². The summed E-state index contributed by atoms with van der Waals surface area (Å²) < 4.78 is 5.01. The van der Waals surface area contributed by atoms with Gasteiger partial charge in [0.15, 0.2) is 0 Å². The van der Waals surface area contributed by atoms with Crippen LogP contribution >= 0.6 is 11.8 Å². The molecule has 0 bridgehead atoms. The summed E-state index contributed by atoms with van der Waals surface area (Å²) in [5, 5.41) is 11.0. The fraction of sp³-hybridized carbons (Fsp3) is 0.286. The molecular formula is C14H14N2OS. The highest BCUT2D eigenvalue weighted by atomic mass is 32.2. The van der Waals surface area contributed by atoms with E-state index in [1.165, 1.54) is 0 Å². The number of ether oxygens (including phenoxy) is 1. The molecule has 18 heavy (non-hydrogen) atoms. The normalized spacial score (nSPS) is 10.4. The van der Waals surface area contributed by atoms with E-state index in [4.69, 9.17) is 10.00 Å². The molecule has 1 aromatic carbocycles. The molecule has 0 radical (unpaired) electrons. The zero-order valence-corrected chi connectivity index (χ0v) is 11.0. The smallest absolute Gasteiger partial charge is 0.0999 e. The van der Waals surface area contributed by atoms with E-state index in [1.54, 1.807) is 18.9 Å². The third-order valence-electron chi connectivity index (χ3n) is 2.56. The first-order valence-electron chi connectivity index (χ1n) is 5.77. The number of hydrogen-bond acceptors (Lipinski definition) is 4. The van der Waals surface area contributed by atoms with Crippen molar-refractivity contribution in [3.05, 3.63) is 35.9 Å². The van der Waals surface area contributed by atoms with Crippen LogP contribution in [0.1, 0.15) is 12.0 Å². The molecule has 1 aromatic heterocycles. The van der Waals surface area contributed by atoms with Gasteiger partial charge in [0, 0.05) is 24.9 Å². The SMILES string of the molecule is COCCCSc1cc(C#N)c2ccccc2n1. The fourth-order valence-electron chi connectivity index (χ4n) is 1.70. The Hall–Kier alpha value is -1.57. The summed E-state index contributed by atoms with van der Waals surface area (Å²) in [7, 11) is 1.70. The molecular weight excluding hydrogens is 244 g/mol. The predicted molar refractivity (Wildman–Crippen MR) is 73.7 cm³/mol. The highest BCUT2D eigenvalue weighted by molar-refractivity contribution is 7.99.